The minimum Gasteiger partial charge on any atom is -0.477 e. The second-order valence-electron chi connectivity index (χ2n) is 3.35. The van der Waals surface area contributed by atoms with E-state index in [0.29, 0.717) is 12.2 Å². The molecule has 2 N–H and O–H groups in total. The molecule has 0 spiro atoms. The first kappa shape index (κ1) is 10.4. The zero-order valence-corrected chi connectivity index (χ0v) is 8.27. The van der Waals surface area contributed by atoms with Gasteiger partial charge in [-0.2, -0.15) is 0 Å². The number of rotatable bonds is 3. The number of aromatic nitrogens is 2. The third kappa shape index (κ3) is 2.25. The maximum absolute atomic E-state index is 12.6. The number of halogens is 1. The van der Waals surface area contributed by atoms with Gasteiger partial charge in [0.2, 0.25) is 0 Å². The summed E-state index contributed by atoms with van der Waals surface area (Å²) in [4.78, 5) is 17.2. The van der Waals surface area contributed by atoms with Crippen LogP contribution < -0.4 is 0 Å². The number of hydrogen-bond acceptors (Lipinski definition) is 2. The third-order valence-corrected chi connectivity index (χ3v) is 2.14. The Morgan fingerprint density at radius 3 is 2.62 bits per heavy atom. The van der Waals surface area contributed by atoms with Crippen molar-refractivity contribution in [3.05, 3.63) is 53.4 Å². The van der Waals surface area contributed by atoms with E-state index in [2.05, 4.69) is 9.97 Å². The minimum atomic E-state index is -1.04. The van der Waals surface area contributed by atoms with Crippen molar-refractivity contribution in [1.29, 1.82) is 0 Å². The van der Waals surface area contributed by atoms with Crippen LogP contribution in [0, 0.1) is 5.82 Å². The highest BCUT2D eigenvalue weighted by Crippen LogP contribution is 2.08. The number of hydrogen-bond donors (Lipinski definition) is 2. The molecule has 5 heteroatoms. The van der Waals surface area contributed by atoms with Crippen molar-refractivity contribution in [2.75, 3.05) is 0 Å². The van der Waals surface area contributed by atoms with E-state index in [1.807, 2.05) is 0 Å². The molecule has 16 heavy (non-hydrogen) atoms. The van der Waals surface area contributed by atoms with E-state index in [0.717, 1.165) is 5.56 Å². The maximum atomic E-state index is 12.6. The molecule has 0 aliphatic carbocycles. The Morgan fingerprint density at radius 2 is 2.06 bits per heavy atom. The van der Waals surface area contributed by atoms with Gasteiger partial charge in [-0.3, -0.25) is 0 Å². The number of carboxylic acid groups (broad SMARTS) is 1. The normalized spacial score (nSPS) is 10.3. The van der Waals surface area contributed by atoms with E-state index >= 15 is 0 Å². The summed E-state index contributed by atoms with van der Waals surface area (Å²) in [5, 5.41) is 8.68. The molecular formula is C11H9FN2O2. The number of nitrogens with zero attached hydrogens (tertiary/aromatic N) is 1. The monoisotopic (exact) mass is 220 g/mol. The molecule has 2 rings (SSSR count). The quantitative estimate of drug-likeness (QED) is 0.829. The lowest BCUT2D eigenvalue weighted by Crippen LogP contribution is -1.97. The van der Waals surface area contributed by atoms with Gasteiger partial charge in [-0.1, -0.05) is 12.1 Å². The summed E-state index contributed by atoms with van der Waals surface area (Å²) in [6, 6.07) is 5.99. The Bertz CT molecular complexity index is 505. The largest absolute Gasteiger partial charge is 0.477 e. The van der Waals surface area contributed by atoms with Crippen LogP contribution in [-0.4, -0.2) is 21.0 Å². The van der Waals surface area contributed by atoms with Crippen LogP contribution in [0.15, 0.2) is 30.5 Å². The molecule has 0 fully saturated rings. The maximum Gasteiger partial charge on any atom is 0.353 e. The lowest BCUT2D eigenvalue weighted by Gasteiger charge is -1.97. The summed E-state index contributed by atoms with van der Waals surface area (Å²) in [6.07, 6.45) is 1.72. The van der Waals surface area contributed by atoms with Crippen LogP contribution in [-0.2, 0) is 6.42 Å². The lowest BCUT2D eigenvalue weighted by molar-refractivity contribution is 0.0691. The molecule has 0 radical (unpaired) electrons. The van der Waals surface area contributed by atoms with Crippen LogP contribution in [0.25, 0.3) is 0 Å². The second-order valence-corrected chi connectivity index (χ2v) is 3.35. The number of aromatic carboxylic acids is 1. The van der Waals surface area contributed by atoms with E-state index in [9.17, 15) is 9.18 Å². The fourth-order valence-corrected chi connectivity index (χ4v) is 1.36. The summed E-state index contributed by atoms with van der Waals surface area (Å²) < 4.78 is 12.6. The summed E-state index contributed by atoms with van der Waals surface area (Å²) in [6.45, 7) is 0. The standard InChI is InChI=1S/C11H9FN2O2/c12-8-3-1-7(2-4-8)5-10-13-6-9(14-10)11(15)16/h1-4,6H,5H2,(H,13,14)(H,15,16). The van der Waals surface area contributed by atoms with E-state index < -0.39 is 5.97 Å². The molecule has 4 nitrogen and oxygen atoms in total. The van der Waals surface area contributed by atoms with Crippen molar-refractivity contribution in [1.82, 2.24) is 9.97 Å². The van der Waals surface area contributed by atoms with E-state index in [4.69, 9.17) is 5.11 Å². The molecule has 0 aliphatic rings. The SMILES string of the molecule is O=C(O)c1cnc(Cc2ccc(F)cc2)[nH]1. The molecule has 1 heterocycles. The highest BCUT2D eigenvalue weighted by atomic mass is 19.1. The molecule has 2 aromatic rings. The van der Waals surface area contributed by atoms with Crippen LogP contribution in [0.1, 0.15) is 21.9 Å². The van der Waals surface area contributed by atoms with Crippen LogP contribution >= 0.6 is 0 Å². The zero-order valence-electron chi connectivity index (χ0n) is 8.27. The fourth-order valence-electron chi connectivity index (χ4n) is 1.36. The summed E-state index contributed by atoms with van der Waals surface area (Å²) >= 11 is 0. The van der Waals surface area contributed by atoms with Gasteiger partial charge in [0.05, 0.1) is 6.20 Å². The topological polar surface area (TPSA) is 66.0 Å². The smallest absolute Gasteiger partial charge is 0.353 e. The predicted octanol–water partition coefficient (Wildman–Crippen LogP) is 1.84. The molecule has 1 aromatic carbocycles. The first-order chi connectivity index (χ1) is 7.65. The van der Waals surface area contributed by atoms with Crippen molar-refractivity contribution < 1.29 is 14.3 Å². The Morgan fingerprint density at radius 1 is 1.38 bits per heavy atom. The van der Waals surface area contributed by atoms with Crippen LogP contribution in [0.4, 0.5) is 4.39 Å². The Kier molecular flexibility index (Phi) is 2.68. The first-order valence-corrected chi connectivity index (χ1v) is 4.67. The molecule has 0 unspecified atom stereocenters. The van der Waals surface area contributed by atoms with Gasteiger partial charge in [0.25, 0.3) is 0 Å². The van der Waals surface area contributed by atoms with E-state index in [1.165, 1.54) is 18.3 Å². The number of H-pyrrole nitrogens is 1. The van der Waals surface area contributed by atoms with Gasteiger partial charge in [-0.15, -0.1) is 0 Å². The number of carboxylic acids is 1. The zero-order chi connectivity index (χ0) is 11.5. The van der Waals surface area contributed by atoms with Crippen molar-refractivity contribution >= 4 is 5.97 Å². The molecule has 0 amide bonds. The number of imidazole rings is 1. The highest BCUT2D eigenvalue weighted by molar-refractivity contribution is 5.85. The Hall–Kier alpha value is -2.17. The molecule has 0 saturated carbocycles. The molecule has 82 valence electrons. The number of carbonyl (C=O) groups is 1. The van der Waals surface area contributed by atoms with Gasteiger partial charge < -0.3 is 10.1 Å². The van der Waals surface area contributed by atoms with Gasteiger partial charge in [-0.05, 0) is 17.7 Å². The van der Waals surface area contributed by atoms with Crippen molar-refractivity contribution in [3.8, 4) is 0 Å². The van der Waals surface area contributed by atoms with E-state index in [1.54, 1.807) is 12.1 Å². The number of aromatic amines is 1. The highest BCUT2D eigenvalue weighted by Gasteiger charge is 2.07. The second kappa shape index (κ2) is 4.14. The lowest BCUT2D eigenvalue weighted by atomic mass is 10.1. The molecule has 0 saturated heterocycles. The van der Waals surface area contributed by atoms with Gasteiger partial charge in [0.1, 0.15) is 17.3 Å². The number of benzene rings is 1. The average Bonchev–Trinajstić information content (AvgIpc) is 2.70. The first-order valence-electron chi connectivity index (χ1n) is 4.67. The number of nitrogens with one attached hydrogen (secondary N) is 1. The van der Waals surface area contributed by atoms with Crippen molar-refractivity contribution in [2.24, 2.45) is 0 Å². The van der Waals surface area contributed by atoms with Gasteiger partial charge >= 0.3 is 5.97 Å². The molecule has 1 aromatic heterocycles. The predicted molar refractivity (Wildman–Crippen MR) is 54.8 cm³/mol. The fraction of sp³-hybridized carbons (Fsp3) is 0.0909. The molecular weight excluding hydrogens is 211 g/mol. The Labute approximate surface area is 90.8 Å². The summed E-state index contributed by atoms with van der Waals surface area (Å²) in [7, 11) is 0. The summed E-state index contributed by atoms with van der Waals surface area (Å²) in [5.74, 6) is -0.795. The molecule has 0 atom stereocenters. The van der Waals surface area contributed by atoms with Gasteiger partial charge in [0, 0.05) is 6.42 Å². The average molecular weight is 220 g/mol. The minimum absolute atomic E-state index is 0.0529. The van der Waals surface area contributed by atoms with Crippen LogP contribution in [0.3, 0.4) is 0 Å². The third-order valence-electron chi connectivity index (χ3n) is 2.14. The van der Waals surface area contributed by atoms with Crippen LogP contribution in [0.5, 0.6) is 0 Å². The van der Waals surface area contributed by atoms with Gasteiger partial charge in [0.15, 0.2) is 0 Å². The van der Waals surface area contributed by atoms with Crippen molar-refractivity contribution in [3.63, 3.8) is 0 Å². The summed E-state index contributed by atoms with van der Waals surface area (Å²) in [5.41, 5.74) is 0.921. The van der Waals surface area contributed by atoms with Crippen LogP contribution in [0.2, 0.25) is 0 Å². The molecule has 0 aliphatic heterocycles. The van der Waals surface area contributed by atoms with Crippen molar-refractivity contribution in [2.45, 2.75) is 6.42 Å². The molecule has 0 bridgehead atoms. The van der Waals surface area contributed by atoms with Gasteiger partial charge in [-0.25, -0.2) is 14.2 Å². The van der Waals surface area contributed by atoms with E-state index in [-0.39, 0.29) is 11.5 Å². The Balaban J connectivity index is 2.14.